The topological polar surface area (TPSA) is 96.9 Å². The highest BCUT2D eigenvalue weighted by Crippen LogP contribution is 2.21. The molecule has 1 aliphatic heterocycles. The molecule has 3 rings (SSSR count). The van der Waals surface area contributed by atoms with E-state index in [-0.39, 0.29) is 17.9 Å². The van der Waals surface area contributed by atoms with E-state index in [4.69, 9.17) is 4.74 Å². The Bertz CT molecular complexity index is 611. The molecule has 0 unspecified atom stereocenters. The van der Waals surface area contributed by atoms with Crippen LogP contribution >= 0.6 is 11.5 Å². The van der Waals surface area contributed by atoms with E-state index in [9.17, 15) is 4.79 Å². The zero-order valence-electron chi connectivity index (χ0n) is 11.8. The summed E-state index contributed by atoms with van der Waals surface area (Å²) in [6.07, 6.45) is -0.283. The molecule has 2 aromatic heterocycles. The maximum absolute atomic E-state index is 12.3. The lowest BCUT2D eigenvalue weighted by Crippen LogP contribution is -2.42. The average molecular weight is 308 g/mol. The Balaban J connectivity index is 1.72. The highest BCUT2D eigenvalue weighted by Gasteiger charge is 2.29. The Morgan fingerprint density at radius 1 is 1.57 bits per heavy atom. The average Bonchev–Trinajstić information content (AvgIpc) is 3.18. The van der Waals surface area contributed by atoms with Crippen molar-refractivity contribution >= 4 is 17.4 Å². The number of aromatic nitrogens is 5. The normalized spacial score (nSPS) is 19.2. The number of carbonyl (C=O) groups is 1. The first kappa shape index (κ1) is 14.1. The molecule has 2 aromatic rings. The van der Waals surface area contributed by atoms with Crippen molar-refractivity contribution in [1.82, 2.24) is 29.7 Å². The van der Waals surface area contributed by atoms with Gasteiger partial charge in [0.25, 0.3) is 5.91 Å². The molecule has 0 radical (unpaired) electrons. The molecule has 1 atom stereocenters. The lowest BCUT2D eigenvalue weighted by atomic mass is 10.2. The van der Waals surface area contributed by atoms with Crippen LogP contribution in [0, 0.1) is 0 Å². The van der Waals surface area contributed by atoms with E-state index in [1.807, 2.05) is 13.8 Å². The zero-order chi connectivity index (χ0) is 14.8. The Morgan fingerprint density at radius 3 is 3.10 bits per heavy atom. The SMILES string of the molecule is CC(C)c1n[nH]c([C@H]2CN(C(=O)c3csnn3)CCO2)n1. The van der Waals surface area contributed by atoms with Crippen LogP contribution in [0.25, 0.3) is 0 Å². The summed E-state index contributed by atoms with van der Waals surface area (Å²) in [6.45, 7) is 5.49. The Kier molecular flexibility index (Phi) is 3.93. The summed E-state index contributed by atoms with van der Waals surface area (Å²) in [7, 11) is 0. The van der Waals surface area contributed by atoms with Gasteiger partial charge in [-0.25, -0.2) is 4.98 Å². The number of aromatic amines is 1. The number of nitrogens with one attached hydrogen (secondary N) is 1. The lowest BCUT2D eigenvalue weighted by Gasteiger charge is -2.31. The molecule has 9 heteroatoms. The van der Waals surface area contributed by atoms with Crippen molar-refractivity contribution in [2.45, 2.75) is 25.9 Å². The second kappa shape index (κ2) is 5.86. The fraction of sp³-hybridized carbons (Fsp3) is 0.583. The van der Waals surface area contributed by atoms with Gasteiger partial charge >= 0.3 is 0 Å². The van der Waals surface area contributed by atoms with E-state index in [2.05, 4.69) is 24.8 Å². The molecule has 21 heavy (non-hydrogen) atoms. The number of H-pyrrole nitrogens is 1. The van der Waals surface area contributed by atoms with Crippen molar-refractivity contribution in [3.8, 4) is 0 Å². The Labute approximate surface area is 125 Å². The fourth-order valence-electron chi connectivity index (χ4n) is 2.11. The summed E-state index contributed by atoms with van der Waals surface area (Å²) in [4.78, 5) is 18.4. The van der Waals surface area contributed by atoms with Gasteiger partial charge in [0.15, 0.2) is 17.3 Å². The van der Waals surface area contributed by atoms with Gasteiger partial charge in [0.2, 0.25) is 0 Å². The summed E-state index contributed by atoms with van der Waals surface area (Å²) in [6, 6.07) is 0. The van der Waals surface area contributed by atoms with Crippen LogP contribution < -0.4 is 0 Å². The quantitative estimate of drug-likeness (QED) is 0.908. The summed E-state index contributed by atoms with van der Waals surface area (Å²) < 4.78 is 9.42. The smallest absolute Gasteiger partial charge is 0.275 e. The molecule has 0 spiro atoms. The molecule has 0 aromatic carbocycles. The van der Waals surface area contributed by atoms with E-state index in [1.165, 1.54) is 11.5 Å². The van der Waals surface area contributed by atoms with Gasteiger partial charge in [-0.05, 0) is 11.5 Å². The van der Waals surface area contributed by atoms with Crippen LogP contribution in [0.2, 0.25) is 0 Å². The van der Waals surface area contributed by atoms with E-state index >= 15 is 0 Å². The monoisotopic (exact) mass is 308 g/mol. The number of rotatable bonds is 3. The molecular formula is C12H16N6O2S. The highest BCUT2D eigenvalue weighted by atomic mass is 32.1. The molecule has 3 heterocycles. The van der Waals surface area contributed by atoms with Crippen molar-refractivity contribution in [2.24, 2.45) is 0 Å². The lowest BCUT2D eigenvalue weighted by molar-refractivity contribution is -0.0268. The Hall–Kier alpha value is -1.87. The van der Waals surface area contributed by atoms with Crippen LogP contribution in [0.15, 0.2) is 5.38 Å². The van der Waals surface area contributed by atoms with Crippen LogP contribution in [-0.4, -0.2) is 55.3 Å². The minimum absolute atomic E-state index is 0.124. The summed E-state index contributed by atoms with van der Waals surface area (Å²) in [5, 5.41) is 12.5. The van der Waals surface area contributed by atoms with Crippen molar-refractivity contribution in [3.05, 3.63) is 22.7 Å². The molecule has 0 bridgehead atoms. The number of amides is 1. The number of hydrogen-bond donors (Lipinski definition) is 1. The van der Waals surface area contributed by atoms with Crippen LogP contribution in [-0.2, 0) is 4.74 Å². The molecule has 0 aliphatic carbocycles. The van der Waals surface area contributed by atoms with Gasteiger partial charge in [0.05, 0.1) is 13.2 Å². The first-order valence-electron chi connectivity index (χ1n) is 6.75. The van der Waals surface area contributed by atoms with Gasteiger partial charge in [-0.1, -0.05) is 18.3 Å². The van der Waals surface area contributed by atoms with Crippen molar-refractivity contribution in [3.63, 3.8) is 0 Å². The van der Waals surface area contributed by atoms with Crippen molar-refractivity contribution in [1.29, 1.82) is 0 Å². The molecular weight excluding hydrogens is 292 g/mol. The third-order valence-corrected chi connectivity index (χ3v) is 3.78. The summed E-state index contributed by atoms with van der Waals surface area (Å²) in [5.74, 6) is 1.53. The Morgan fingerprint density at radius 2 is 2.43 bits per heavy atom. The van der Waals surface area contributed by atoms with E-state index < -0.39 is 0 Å². The predicted molar refractivity (Wildman–Crippen MR) is 75.0 cm³/mol. The minimum atomic E-state index is -0.283. The number of carbonyl (C=O) groups excluding carboxylic acids is 1. The number of morpholine rings is 1. The van der Waals surface area contributed by atoms with Gasteiger partial charge < -0.3 is 9.64 Å². The fourth-order valence-corrected chi connectivity index (χ4v) is 2.54. The van der Waals surface area contributed by atoms with E-state index in [0.717, 1.165) is 5.82 Å². The van der Waals surface area contributed by atoms with Crippen LogP contribution in [0.4, 0.5) is 0 Å². The predicted octanol–water partition coefficient (Wildman–Crippen LogP) is 0.993. The van der Waals surface area contributed by atoms with Crippen LogP contribution in [0.3, 0.4) is 0 Å². The minimum Gasteiger partial charge on any atom is -0.367 e. The largest absolute Gasteiger partial charge is 0.367 e. The maximum Gasteiger partial charge on any atom is 0.275 e. The molecule has 8 nitrogen and oxygen atoms in total. The van der Waals surface area contributed by atoms with Crippen LogP contribution in [0.5, 0.6) is 0 Å². The first-order valence-corrected chi connectivity index (χ1v) is 7.59. The van der Waals surface area contributed by atoms with E-state index in [0.29, 0.717) is 31.2 Å². The molecule has 1 amide bonds. The molecule has 0 saturated carbocycles. The number of hydrogen-bond acceptors (Lipinski definition) is 7. The van der Waals surface area contributed by atoms with Gasteiger partial charge in [-0.2, -0.15) is 5.10 Å². The van der Waals surface area contributed by atoms with Crippen molar-refractivity contribution < 1.29 is 9.53 Å². The first-order chi connectivity index (χ1) is 10.1. The third kappa shape index (κ3) is 2.93. The molecule has 1 fully saturated rings. The second-order valence-electron chi connectivity index (χ2n) is 5.13. The maximum atomic E-state index is 12.3. The number of ether oxygens (including phenoxy) is 1. The third-order valence-electron chi connectivity index (χ3n) is 3.27. The van der Waals surface area contributed by atoms with Gasteiger partial charge in [-0.15, -0.1) is 5.10 Å². The second-order valence-corrected chi connectivity index (χ2v) is 5.74. The van der Waals surface area contributed by atoms with Gasteiger partial charge in [-0.3, -0.25) is 9.89 Å². The molecule has 1 saturated heterocycles. The van der Waals surface area contributed by atoms with Crippen LogP contribution in [0.1, 0.15) is 48.0 Å². The zero-order valence-corrected chi connectivity index (χ0v) is 12.6. The summed E-state index contributed by atoms with van der Waals surface area (Å²) in [5.41, 5.74) is 0.376. The van der Waals surface area contributed by atoms with Gasteiger partial charge in [0, 0.05) is 17.8 Å². The molecule has 112 valence electrons. The standard InChI is InChI=1S/C12H16N6O2S/c1-7(2)10-13-11(16-15-10)9-5-18(3-4-20-9)12(19)8-6-21-17-14-8/h6-7,9H,3-5H2,1-2H3,(H,13,15,16)/t9-/m1/s1. The molecule has 1 N–H and O–H groups in total. The van der Waals surface area contributed by atoms with Crippen molar-refractivity contribution in [2.75, 3.05) is 19.7 Å². The summed E-state index contributed by atoms with van der Waals surface area (Å²) >= 11 is 1.17. The highest BCUT2D eigenvalue weighted by molar-refractivity contribution is 7.03. The molecule has 1 aliphatic rings. The number of nitrogens with zero attached hydrogens (tertiary/aromatic N) is 5. The van der Waals surface area contributed by atoms with Gasteiger partial charge in [0.1, 0.15) is 6.10 Å². The van der Waals surface area contributed by atoms with E-state index in [1.54, 1.807) is 10.3 Å².